The van der Waals surface area contributed by atoms with Gasteiger partial charge < -0.3 is 10.9 Å². The summed E-state index contributed by atoms with van der Waals surface area (Å²) < 4.78 is 0. The van der Waals surface area contributed by atoms with Crippen molar-refractivity contribution >= 4 is 29.2 Å². The topological polar surface area (TPSA) is 84.4 Å². The summed E-state index contributed by atoms with van der Waals surface area (Å²) in [5, 5.41) is 12.8. The number of benzene rings is 1. The minimum absolute atomic E-state index is 0.0415. The van der Waals surface area contributed by atoms with Gasteiger partial charge in [0.2, 0.25) is 0 Å². The van der Waals surface area contributed by atoms with Crippen LogP contribution in [-0.4, -0.2) is 21.0 Å². The molecule has 0 saturated heterocycles. The third-order valence-corrected chi connectivity index (χ3v) is 3.57. The van der Waals surface area contributed by atoms with Gasteiger partial charge in [-0.25, -0.2) is 9.97 Å². The second-order valence-electron chi connectivity index (χ2n) is 3.74. The fraction of sp³-hybridized carbons (Fsp3) is 0.0833. The third kappa shape index (κ3) is 3.15. The number of oxime groups is 1. The Morgan fingerprint density at radius 1 is 1.37 bits per heavy atom. The zero-order valence-electron chi connectivity index (χ0n) is 10.0. The van der Waals surface area contributed by atoms with Crippen LogP contribution in [0.1, 0.15) is 11.1 Å². The number of hydrogen-bond acceptors (Lipinski definition) is 5. The number of nitrogens with zero attached hydrogens (tertiary/aromatic N) is 3. The van der Waals surface area contributed by atoms with Gasteiger partial charge in [-0.1, -0.05) is 22.8 Å². The highest BCUT2D eigenvalue weighted by Crippen LogP contribution is 2.31. The molecule has 1 heterocycles. The van der Waals surface area contributed by atoms with Crippen LogP contribution in [0.5, 0.6) is 0 Å². The molecule has 2 rings (SSSR count). The first-order valence-electron chi connectivity index (χ1n) is 5.34. The lowest BCUT2D eigenvalue weighted by molar-refractivity contribution is 0.318. The third-order valence-electron chi connectivity index (χ3n) is 2.30. The molecule has 0 aliphatic carbocycles. The second-order valence-corrected chi connectivity index (χ2v) is 5.16. The summed E-state index contributed by atoms with van der Waals surface area (Å²) in [5.74, 6) is -0.0415. The SMILES string of the molecule is Cc1cnc(Sc2cccc(Cl)c2/C(N)=N/O)nc1. The van der Waals surface area contributed by atoms with Crippen molar-refractivity contribution in [3.8, 4) is 0 Å². The molecule has 0 amide bonds. The van der Waals surface area contributed by atoms with E-state index in [-0.39, 0.29) is 5.84 Å². The summed E-state index contributed by atoms with van der Waals surface area (Å²) in [5.41, 5.74) is 7.09. The zero-order valence-corrected chi connectivity index (χ0v) is 11.6. The van der Waals surface area contributed by atoms with Crippen LogP contribution in [0, 0.1) is 6.92 Å². The Kier molecular flexibility index (Phi) is 4.24. The van der Waals surface area contributed by atoms with Gasteiger partial charge in [-0.2, -0.15) is 0 Å². The Bertz CT molecular complexity index is 616. The summed E-state index contributed by atoms with van der Waals surface area (Å²) >= 11 is 7.37. The lowest BCUT2D eigenvalue weighted by Crippen LogP contribution is -2.15. The summed E-state index contributed by atoms with van der Waals surface area (Å²) in [6, 6.07) is 5.27. The molecule has 98 valence electrons. The molecule has 0 fully saturated rings. The molecule has 5 nitrogen and oxygen atoms in total. The molecule has 0 saturated carbocycles. The number of aromatic nitrogens is 2. The number of aryl methyl sites for hydroxylation is 1. The number of halogens is 1. The molecule has 1 aromatic carbocycles. The first-order valence-corrected chi connectivity index (χ1v) is 6.54. The normalized spacial score (nSPS) is 11.6. The van der Waals surface area contributed by atoms with E-state index in [1.807, 2.05) is 13.0 Å². The molecule has 0 unspecified atom stereocenters. The average molecular weight is 295 g/mol. The first kappa shape index (κ1) is 13.6. The van der Waals surface area contributed by atoms with Crippen molar-refractivity contribution in [2.24, 2.45) is 10.9 Å². The summed E-state index contributed by atoms with van der Waals surface area (Å²) in [7, 11) is 0. The largest absolute Gasteiger partial charge is 0.409 e. The standard InChI is InChI=1S/C12H11ClN4OS/c1-7-5-15-12(16-6-7)19-9-4-2-3-8(13)10(9)11(14)17-18/h2-6,18H,1H3,(H2,14,17). The zero-order chi connectivity index (χ0) is 13.8. The minimum Gasteiger partial charge on any atom is -0.409 e. The van der Waals surface area contributed by atoms with Crippen molar-refractivity contribution in [2.75, 3.05) is 0 Å². The molecule has 7 heteroatoms. The number of rotatable bonds is 3. The highest BCUT2D eigenvalue weighted by molar-refractivity contribution is 7.99. The molecule has 1 aromatic heterocycles. The van der Waals surface area contributed by atoms with E-state index in [1.54, 1.807) is 24.5 Å². The number of hydrogen-bond donors (Lipinski definition) is 2. The maximum atomic E-state index is 8.80. The summed E-state index contributed by atoms with van der Waals surface area (Å²) in [6.07, 6.45) is 3.45. The van der Waals surface area contributed by atoms with Crippen LogP contribution in [0.3, 0.4) is 0 Å². The van der Waals surface area contributed by atoms with Gasteiger partial charge in [0.15, 0.2) is 11.0 Å². The molecule has 0 radical (unpaired) electrons. The Morgan fingerprint density at radius 3 is 2.68 bits per heavy atom. The van der Waals surface area contributed by atoms with Gasteiger partial charge in [-0.15, -0.1) is 0 Å². The van der Waals surface area contributed by atoms with E-state index in [1.165, 1.54) is 11.8 Å². The van der Waals surface area contributed by atoms with E-state index in [2.05, 4.69) is 15.1 Å². The predicted molar refractivity (Wildman–Crippen MR) is 74.9 cm³/mol. The number of nitrogens with two attached hydrogens (primary N) is 1. The highest BCUT2D eigenvalue weighted by Gasteiger charge is 2.13. The van der Waals surface area contributed by atoms with E-state index in [0.717, 1.165) is 10.5 Å². The molecule has 0 bridgehead atoms. The van der Waals surface area contributed by atoms with Crippen molar-refractivity contribution in [1.82, 2.24) is 9.97 Å². The molecule has 19 heavy (non-hydrogen) atoms. The van der Waals surface area contributed by atoms with Crippen LogP contribution in [0.25, 0.3) is 0 Å². The second kappa shape index (κ2) is 5.90. The molecule has 2 aromatic rings. The van der Waals surface area contributed by atoms with Crippen molar-refractivity contribution in [2.45, 2.75) is 17.0 Å². The van der Waals surface area contributed by atoms with Gasteiger partial charge in [-0.3, -0.25) is 0 Å². The van der Waals surface area contributed by atoms with Crippen molar-refractivity contribution in [3.05, 3.63) is 46.7 Å². The van der Waals surface area contributed by atoms with Gasteiger partial charge in [0, 0.05) is 17.3 Å². The van der Waals surface area contributed by atoms with E-state index in [9.17, 15) is 0 Å². The van der Waals surface area contributed by atoms with Crippen LogP contribution < -0.4 is 5.73 Å². The highest BCUT2D eigenvalue weighted by atomic mass is 35.5. The monoisotopic (exact) mass is 294 g/mol. The van der Waals surface area contributed by atoms with Crippen molar-refractivity contribution in [1.29, 1.82) is 0 Å². The van der Waals surface area contributed by atoms with Gasteiger partial charge in [0.1, 0.15) is 0 Å². The Balaban J connectivity index is 2.40. The molecule has 0 atom stereocenters. The fourth-order valence-electron chi connectivity index (χ4n) is 1.42. The Hall–Kier alpha value is -1.79. The van der Waals surface area contributed by atoms with E-state index >= 15 is 0 Å². The van der Waals surface area contributed by atoms with Crippen molar-refractivity contribution in [3.63, 3.8) is 0 Å². The molecule has 0 spiro atoms. The lowest BCUT2D eigenvalue weighted by Gasteiger charge is -2.08. The van der Waals surface area contributed by atoms with Crippen LogP contribution in [0.15, 0.2) is 45.8 Å². The first-order chi connectivity index (χ1) is 9.11. The van der Waals surface area contributed by atoms with Gasteiger partial charge >= 0.3 is 0 Å². The quantitative estimate of drug-likeness (QED) is 0.299. The lowest BCUT2D eigenvalue weighted by atomic mass is 10.2. The van der Waals surface area contributed by atoms with Crippen LogP contribution in [0.2, 0.25) is 5.02 Å². The van der Waals surface area contributed by atoms with Crippen LogP contribution in [0.4, 0.5) is 0 Å². The maximum absolute atomic E-state index is 8.80. The van der Waals surface area contributed by atoms with Crippen LogP contribution in [-0.2, 0) is 0 Å². The van der Waals surface area contributed by atoms with E-state index in [0.29, 0.717) is 15.7 Å². The van der Waals surface area contributed by atoms with Gasteiger partial charge in [0.05, 0.1) is 10.6 Å². The van der Waals surface area contributed by atoms with Crippen molar-refractivity contribution < 1.29 is 5.21 Å². The predicted octanol–water partition coefficient (Wildman–Crippen LogP) is 2.68. The van der Waals surface area contributed by atoms with E-state index < -0.39 is 0 Å². The summed E-state index contributed by atoms with van der Waals surface area (Å²) in [4.78, 5) is 9.12. The Morgan fingerprint density at radius 2 is 2.05 bits per heavy atom. The minimum atomic E-state index is -0.0415. The van der Waals surface area contributed by atoms with Gasteiger partial charge in [-0.05, 0) is 36.4 Å². The molecular weight excluding hydrogens is 284 g/mol. The Labute approximate surface area is 119 Å². The maximum Gasteiger partial charge on any atom is 0.192 e. The number of amidine groups is 1. The fourth-order valence-corrected chi connectivity index (χ4v) is 2.62. The molecule has 0 aliphatic heterocycles. The summed E-state index contributed by atoms with van der Waals surface area (Å²) in [6.45, 7) is 1.91. The smallest absolute Gasteiger partial charge is 0.192 e. The molecule has 0 aliphatic rings. The average Bonchev–Trinajstić information content (AvgIpc) is 2.41. The molecular formula is C12H11ClN4OS. The molecule has 3 N–H and O–H groups in total. The van der Waals surface area contributed by atoms with Gasteiger partial charge in [0.25, 0.3) is 0 Å². The van der Waals surface area contributed by atoms with E-state index in [4.69, 9.17) is 22.5 Å². The van der Waals surface area contributed by atoms with Crippen LogP contribution >= 0.6 is 23.4 Å².